The lowest BCUT2D eigenvalue weighted by molar-refractivity contribution is 0.282. The van der Waals surface area contributed by atoms with E-state index < -0.39 is 0 Å². The van der Waals surface area contributed by atoms with E-state index in [-0.39, 0.29) is 12.6 Å². The van der Waals surface area contributed by atoms with Gasteiger partial charge in [-0.3, -0.25) is 0 Å². The summed E-state index contributed by atoms with van der Waals surface area (Å²) >= 11 is 3.45. The fourth-order valence-electron chi connectivity index (χ4n) is 1.57. The van der Waals surface area contributed by atoms with Gasteiger partial charge in [-0.2, -0.15) is 0 Å². The van der Waals surface area contributed by atoms with Crippen LogP contribution in [-0.4, -0.2) is 24.8 Å². The number of halogens is 1. The quantitative estimate of drug-likeness (QED) is 0.670. The number of unbranched alkanes of at least 4 members (excludes halogenated alkanes) is 1. The Morgan fingerprint density at radius 3 is 2.81 bits per heavy atom. The summed E-state index contributed by atoms with van der Waals surface area (Å²) in [7, 11) is 0. The van der Waals surface area contributed by atoms with Crippen LogP contribution in [0.25, 0.3) is 0 Å². The second-order valence-electron chi connectivity index (χ2n) is 3.73. The van der Waals surface area contributed by atoms with E-state index in [1.165, 1.54) is 5.56 Å². The zero-order chi connectivity index (χ0) is 11.8. The first-order chi connectivity index (χ1) is 7.77. The molecule has 0 aliphatic heterocycles. The first kappa shape index (κ1) is 13.6. The van der Waals surface area contributed by atoms with E-state index in [1.807, 2.05) is 12.1 Å². The number of aliphatic hydroxyl groups is 1. The number of aliphatic hydroxyl groups excluding tert-OH is 1. The Morgan fingerprint density at radius 1 is 1.38 bits per heavy atom. The molecule has 0 saturated carbocycles. The Bertz CT molecular complexity index is 307. The van der Waals surface area contributed by atoms with Gasteiger partial charge in [-0.15, -0.1) is 0 Å². The van der Waals surface area contributed by atoms with Crippen molar-refractivity contribution in [3.63, 3.8) is 0 Å². The van der Waals surface area contributed by atoms with Gasteiger partial charge in [-0.05, 0) is 37.1 Å². The lowest BCUT2D eigenvalue weighted by Gasteiger charge is -2.17. The molecule has 0 aromatic heterocycles. The average Bonchev–Trinajstić information content (AvgIpc) is 2.29. The molecule has 0 spiro atoms. The van der Waals surface area contributed by atoms with Crippen LogP contribution in [0, 0.1) is 0 Å². The average molecular weight is 287 g/mol. The second-order valence-corrected chi connectivity index (χ2v) is 4.64. The molecule has 4 N–H and O–H groups in total. The molecule has 0 aliphatic rings. The van der Waals surface area contributed by atoms with Crippen LogP contribution in [0.4, 0.5) is 0 Å². The molecular weight excluding hydrogens is 268 g/mol. The van der Waals surface area contributed by atoms with E-state index in [9.17, 15) is 0 Å². The Kier molecular flexibility index (Phi) is 6.64. The second kappa shape index (κ2) is 7.79. The molecule has 0 saturated heterocycles. The zero-order valence-electron chi connectivity index (χ0n) is 9.32. The predicted molar refractivity (Wildman–Crippen MR) is 70.3 cm³/mol. The Morgan fingerprint density at radius 2 is 2.19 bits per heavy atom. The molecule has 1 rings (SSSR count). The number of hydrogen-bond acceptors (Lipinski definition) is 3. The van der Waals surface area contributed by atoms with Crippen molar-refractivity contribution in [3.8, 4) is 0 Å². The maximum absolute atomic E-state index is 8.68. The van der Waals surface area contributed by atoms with Crippen molar-refractivity contribution in [1.29, 1.82) is 0 Å². The van der Waals surface area contributed by atoms with Crippen molar-refractivity contribution in [3.05, 3.63) is 34.3 Å². The summed E-state index contributed by atoms with van der Waals surface area (Å²) in [4.78, 5) is 0. The topological polar surface area (TPSA) is 58.3 Å². The molecule has 1 atom stereocenters. The van der Waals surface area contributed by atoms with Crippen LogP contribution in [-0.2, 0) is 0 Å². The fourth-order valence-corrected chi connectivity index (χ4v) is 1.99. The predicted octanol–water partition coefficient (Wildman–Crippen LogP) is 1.81. The maximum atomic E-state index is 8.68. The summed E-state index contributed by atoms with van der Waals surface area (Å²) in [5, 5.41) is 12.1. The molecule has 4 heteroatoms. The molecule has 1 aromatic rings. The molecule has 16 heavy (non-hydrogen) atoms. The van der Waals surface area contributed by atoms with Crippen LogP contribution in [0.3, 0.4) is 0 Å². The smallest absolute Gasteiger partial charge is 0.0444 e. The molecule has 0 aliphatic carbocycles. The van der Waals surface area contributed by atoms with Gasteiger partial charge in [0.1, 0.15) is 0 Å². The summed E-state index contributed by atoms with van der Waals surface area (Å²) in [6.45, 7) is 1.72. The molecule has 0 radical (unpaired) electrons. The summed E-state index contributed by atoms with van der Waals surface area (Å²) in [5.41, 5.74) is 6.94. The van der Waals surface area contributed by atoms with Gasteiger partial charge in [-0.1, -0.05) is 28.1 Å². The molecule has 0 heterocycles. The van der Waals surface area contributed by atoms with Crippen LogP contribution < -0.4 is 11.1 Å². The van der Waals surface area contributed by atoms with E-state index >= 15 is 0 Å². The minimum atomic E-state index is 0.191. The van der Waals surface area contributed by atoms with E-state index in [2.05, 4.69) is 33.4 Å². The largest absolute Gasteiger partial charge is 0.396 e. The number of hydrogen-bond donors (Lipinski definition) is 3. The molecule has 0 amide bonds. The summed E-state index contributed by atoms with van der Waals surface area (Å²) in [6, 6.07) is 8.36. The highest BCUT2D eigenvalue weighted by Gasteiger charge is 2.08. The minimum Gasteiger partial charge on any atom is -0.396 e. The van der Waals surface area contributed by atoms with Crippen LogP contribution in [0.15, 0.2) is 28.7 Å². The Labute approximate surface area is 105 Å². The van der Waals surface area contributed by atoms with Crippen LogP contribution in [0.2, 0.25) is 0 Å². The molecule has 90 valence electrons. The van der Waals surface area contributed by atoms with Crippen molar-refractivity contribution in [1.82, 2.24) is 5.32 Å². The first-order valence-corrected chi connectivity index (χ1v) is 6.37. The minimum absolute atomic E-state index is 0.191. The summed E-state index contributed by atoms with van der Waals surface area (Å²) in [5.74, 6) is 0. The normalized spacial score (nSPS) is 12.7. The third kappa shape index (κ3) is 4.61. The van der Waals surface area contributed by atoms with Crippen molar-refractivity contribution >= 4 is 15.9 Å². The molecule has 0 bridgehead atoms. The molecule has 3 nitrogen and oxygen atoms in total. The van der Waals surface area contributed by atoms with Crippen LogP contribution in [0.5, 0.6) is 0 Å². The standard InChI is InChI=1S/C12H19BrN2O/c13-11-5-3-4-10(8-11)12(9-14)15-6-1-2-7-16/h3-5,8,12,15-16H,1-2,6-7,9,14H2. The lowest BCUT2D eigenvalue weighted by atomic mass is 10.1. The number of rotatable bonds is 7. The van der Waals surface area contributed by atoms with Gasteiger partial charge < -0.3 is 16.2 Å². The SMILES string of the molecule is NCC(NCCCCO)c1cccc(Br)c1. The van der Waals surface area contributed by atoms with Gasteiger partial charge in [0.05, 0.1) is 0 Å². The van der Waals surface area contributed by atoms with Crippen LogP contribution in [0.1, 0.15) is 24.4 Å². The zero-order valence-corrected chi connectivity index (χ0v) is 10.9. The third-order valence-electron chi connectivity index (χ3n) is 2.46. The first-order valence-electron chi connectivity index (χ1n) is 5.57. The van der Waals surface area contributed by atoms with E-state index in [1.54, 1.807) is 0 Å². The van der Waals surface area contributed by atoms with Crippen LogP contribution >= 0.6 is 15.9 Å². The number of nitrogens with two attached hydrogens (primary N) is 1. The lowest BCUT2D eigenvalue weighted by Crippen LogP contribution is -2.29. The Balaban J connectivity index is 2.47. The van der Waals surface area contributed by atoms with Crippen molar-refractivity contribution in [2.24, 2.45) is 5.73 Å². The van der Waals surface area contributed by atoms with Crippen molar-refractivity contribution in [2.75, 3.05) is 19.7 Å². The van der Waals surface area contributed by atoms with Crippen molar-refractivity contribution < 1.29 is 5.11 Å². The monoisotopic (exact) mass is 286 g/mol. The fraction of sp³-hybridized carbons (Fsp3) is 0.500. The number of benzene rings is 1. The highest BCUT2D eigenvalue weighted by molar-refractivity contribution is 9.10. The summed E-state index contributed by atoms with van der Waals surface area (Å²) < 4.78 is 1.07. The van der Waals surface area contributed by atoms with Crippen molar-refractivity contribution in [2.45, 2.75) is 18.9 Å². The number of nitrogens with one attached hydrogen (secondary N) is 1. The van der Waals surface area contributed by atoms with E-state index in [0.717, 1.165) is 23.9 Å². The highest BCUT2D eigenvalue weighted by Crippen LogP contribution is 2.17. The van der Waals surface area contributed by atoms with Gasteiger partial charge in [0.25, 0.3) is 0 Å². The summed E-state index contributed by atoms with van der Waals surface area (Å²) in [6.07, 6.45) is 1.81. The third-order valence-corrected chi connectivity index (χ3v) is 2.96. The maximum Gasteiger partial charge on any atom is 0.0444 e. The Hall–Kier alpha value is -0.420. The van der Waals surface area contributed by atoms with Gasteiger partial charge >= 0.3 is 0 Å². The van der Waals surface area contributed by atoms with E-state index in [0.29, 0.717) is 6.54 Å². The molecule has 0 fully saturated rings. The van der Waals surface area contributed by atoms with Gasteiger partial charge in [-0.25, -0.2) is 0 Å². The highest BCUT2D eigenvalue weighted by atomic mass is 79.9. The molecule has 1 aromatic carbocycles. The van der Waals surface area contributed by atoms with Gasteiger partial charge in [0, 0.05) is 23.7 Å². The molecular formula is C12H19BrN2O. The van der Waals surface area contributed by atoms with Gasteiger partial charge in [0.2, 0.25) is 0 Å². The molecule has 1 unspecified atom stereocenters. The van der Waals surface area contributed by atoms with E-state index in [4.69, 9.17) is 10.8 Å². The van der Waals surface area contributed by atoms with Gasteiger partial charge in [0.15, 0.2) is 0 Å².